The molecule has 2 nitrogen and oxygen atoms in total. The van der Waals surface area contributed by atoms with E-state index in [2.05, 4.69) is 0 Å². The molecule has 3 rings (SSSR count). The van der Waals surface area contributed by atoms with Gasteiger partial charge in [-0.05, 0) is 61.9 Å². The van der Waals surface area contributed by atoms with Crippen molar-refractivity contribution in [3.05, 3.63) is 64.2 Å². The number of hydrogen-bond donors (Lipinski definition) is 0. The topological polar surface area (TPSA) is 26.3 Å². The molecule has 0 aromatic heterocycles. The first-order valence-electron chi connectivity index (χ1n) is 7.53. The van der Waals surface area contributed by atoms with Gasteiger partial charge in [0.05, 0.1) is 6.61 Å². The van der Waals surface area contributed by atoms with E-state index < -0.39 is 0 Å². The van der Waals surface area contributed by atoms with E-state index in [0.717, 1.165) is 53.9 Å². The summed E-state index contributed by atoms with van der Waals surface area (Å²) in [6.07, 6.45) is 3.19. The van der Waals surface area contributed by atoms with Crippen LogP contribution in [-0.4, -0.2) is 12.4 Å². The Morgan fingerprint density at radius 2 is 1.86 bits per heavy atom. The van der Waals surface area contributed by atoms with E-state index in [1.807, 2.05) is 50.2 Å². The highest BCUT2D eigenvalue weighted by molar-refractivity contribution is 6.10. The van der Waals surface area contributed by atoms with Gasteiger partial charge in [-0.1, -0.05) is 24.3 Å². The fraction of sp³-hybridized carbons (Fsp3) is 0.316. The van der Waals surface area contributed by atoms with Crippen LogP contribution in [0.5, 0.6) is 5.75 Å². The van der Waals surface area contributed by atoms with Crippen LogP contribution in [0.4, 0.5) is 0 Å². The van der Waals surface area contributed by atoms with Crippen LogP contribution in [0.15, 0.2) is 36.4 Å². The standard InChI is InChI=1S/C19H20O2/c1-13-7-3-4-9-17(13)18(20)16-11-14(2)19-15(12-16)8-5-6-10-21-19/h3-4,7,9,11-12H,5-6,8,10H2,1-2H3. The normalized spacial score (nSPS) is 14.0. The first-order chi connectivity index (χ1) is 10.2. The van der Waals surface area contributed by atoms with E-state index in [-0.39, 0.29) is 5.78 Å². The monoisotopic (exact) mass is 280 g/mol. The van der Waals surface area contributed by atoms with Gasteiger partial charge < -0.3 is 4.74 Å². The van der Waals surface area contributed by atoms with Crippen molar-refractivity contribution in [3.8, 4) is 5.75 Å². The first kappa shape index (κ1) is 13.9. The highest BCUT2D eigenvalue weighted by Crippen LogP contribution is 2.30. The lowest BCUT2D eigenvalue weighted by atomic mass is 9.94. The molecule has 0 bridgehead atoms. The lowest BCUT2D eigenvalue weighted by Gasteiger charge is -2.13. The molecule has 2 aromatic carbocycles. The number of hydrogen-bond acceptors (Lipinski definition) is 2. The van der Waals surface area contributed by atoms with Crippen molar-refractivity contribution in [1.82, 2.24) is 0 Å². The zero-order valence-corrected chi connectivity index (χ0v) is 12.6. The van der Waals surface area contributed by atoms with Crippen molar-refractivity contribution in [3.63, 3.8) is 0 Å². The van der Waals surface area contributed by atoms with E-state index >= 15 is 0 Å². The van der Waals surface area contributed by atoms with Crippen molar-refractivity contribution in [2.75, 3.05) is 6.61 Å². The zero-order valence-electron chi connectivity index (χ0n) is 12.6. The maximum Gasteiger partial charge on any atom is 0.193 e. The van der Waals surface area contributed by atoms with Crippen LogP contribution in [-0.2, 0) is 6.42 Å². The van der Waals surface area contributed by atoms with Gasteiger partial charge in [0.1, 0.15) is 5.75 Å². The van der Waals surface area contributed by atoms with E-state index in [4.69, 9.17) is 4.74 Å². The van der Waals surface area contributed by atoms with Gasteiger partial charge in [-0.2, -0.15) is 0 Å². The molecular formula is C19H20O2. The highest BCUT2D eigenvalue weighted by atomic mass is 16.5. The van der Waals surface area contributed by atoms with Crippen molar-refractivity contribution in [2.24, 2.45) is 0 Å². The average Bonchev–Trinajstić information content (AvgIpc) is 2.72. The van der Waals surface area contributed by atoms with Gasteiger partial charge in [-0.15, -0.1) is 0 Å². The van der Waals surface area contributed by atoms with Crippen LogP contribution < -0.4 is 4.74 Å². The van der Waals surface area contributed by atoms with Crippen molar-refractivity contribution in [2.45, 2.75) is 33.1 Å². The minimum Gasteiger partial charge on any atom is -0.493 e. The van der Waals surface area contributed by atoms with Crippen molar-refractivity contribution < 1.29 is 9.53 Å². The number of fused-ring (bicyclic) bond motifs is 1. The smallest absolute Gasteiger partial charge is 0.193 e. The molecule has 0 radical (unpaired) electrons. The van der Waals surface area contributed by atoms with Gasteiger partial charge >= 0.3 is 0 Å². The second kappa shape index (κ2) is 5.72. The number of ether oxygens (including phenoxy) is 1. The van der Waals surface area contributed by atoms with E-state index in [1.165, 1.54) is 5.56 Å². The lowest BCUT2D eigenvalue weighted by Crippen LogP contribution is -2.06. The number of rotatable bonds is 2. The van der Waals surface area contributed by atoms with Crippen LogP contribution in [0, 0.1) is 13.8 Å². The van der Waals surface area contributed by atoms with Crippen LogP contribution in [0.1, 0.15) is 45.5 Å². The molecule has 1 aliphatic heterocycles. The Labute approximate surface area is 125 Å². The SMILES string of the molecule is Cc1ccccc1C(=O)c1cc(C)c2c(c1)CCCCO2. The first-order valence-corrected chi connectivity index (χ1v) is 7.53. The average molecular weight is 280 g/mol. The highest BCUT2D eigenvalue weighted by Gasteiger charge is 2.17. The molecule has 1 heterocycles. The van der Waals surface area contributed by atoms with Gasteiger partial charge in [0.25, 0.3) is 0 Å². The molecule has 0 N–H and O–H groups in total. The quantitative estimate of drug-likeness (QED) is 0.769. The molecule has 0 unspecified atom stereocenters. The molecule has 0 spiro atoms. The van der Waals surface area contributed by atoms with Crippen LogP contribution in [0.25, 0.3) is 0 Å². The number of ketones is 1. The summed E-state index contributed by atoms with van der Waals surface area (Å²) in [6.45, 7) is 4.78. The Morgan fingerprint density at radius 1 is 1.05 bits per heavy atom. The third-order valence-electron chi connectivity index (χ3n) is 4.09. The number of aryl methyl sites for hydroxylation is 3. The van der Waals surface area contributed by atoms with Gasteiger partial charge in [0.2, 0.25) is 0 Å². The Bertz CT molecular complexity index is 686. The maximum absolute atomic E-state index is 12.8. The van der Waals surface area contributed by atoms with Gasteiger partial charge in [-0.25, -0.2) is 0 Å². The largest absolute Gasteiger partial charge is 0.493 e. The summed E-state index contributed by atoms with van der Waals surface area (Å²) >= 11 is 0. The third kappa shape index (κ3) is 2.71. The molecule has 0 amide bonds. The van der Waals surface area contributed by atoms with Crippen molar-refractivity contribution >= 4 is 5.78 Å². The summed E-state index contributed by atoms with van der Waals surface area (Å²) in [5.74, 6) is 1.08. The number of carbonyl (C=O) groups is 1. The summed E-state index contributed by atoms with van der Waals surface area (Å²) in [5, 5.41) is 0. The van der Waals surface area contributed by atoms with Crippen molar-refractivity contribution in [1.29, 1.82) is 0 Å². The molecule has 0 saturated heterocycles. The Balaban J connectivity index is 2.04. The minimum absolute atomic E-state index is 0.100. The summed E-state index contributed by atoms with van der Waals surface area (Å²) in [5.41, 5.74) is 4.81. The number of benzene rings is 2. The third-order valence-corrected chi connectivity index (χ3v) is 4.09. The minimum atomic E-state index is 0.100. The second-order valence-electron chi connectivity index (χ2n) is 5.73. The Morgan fingerprint density at radius 3 is 2.67 bits per heavy atom. The Kier molecular flexibility index (Phi) is 3.78. The zero-order chi connectivity index (χ0) is 14.8. The molecule has 108 valence electrons. The second-order valence-corrected chi connectivity index (χ2v) is 5.73. The summed E-state index contributed by atoms with van der Waals surface area (Å²) < 4.78 is 5.83. The number of carbonyl (C=O) groups excluding carboxylic acids is 1. The molecular weight excluding hydrogens is 260 g/mol. The molecule has 0 saturated carbocycles. The summed E-state index contributed by atoms with van der Waals surface area (Å²) in [7, 11) is 0. The summed E-state index contributed by atoms with van der Waals surface area (Å²) in [6, 6.07) is 11.7. The molecule has 1 aliphatic rings. The van der Waals surface area contributed by atoms with Gasteiger partial charge in [0.15, 0.2) is 5.78 Å². The van der Waals surface area contributed by atoms with Gasteiger partial charge in [-0.3, -0.25) is 4.79 Å². The summed E-state index contributed by atoms with van der Waals surface area (Å²) in [4.78, 5) is 12.8. The van der Waals surface area contributed by atoms with Crippen LogP contribution >= 0.6 is 0 Å². The maximum atomic E-state index is 12.8. The van der Waals surface area contributed by atoms with Crippen LogP contribution in [0.2, 0.25) is 0 Å². The fourth-order valence-corrected chi connectivity index (χ4v) is 2.95. The predicted molar refractivity (Wildman–Crippen MR) is 84.2 cm³/mol. The van der Waals surface area contributed by atoms with E-state index in [9.17, 15) is 4.79 Å². The van der Waals surface area contributed by atoms with Crippen LogP contribution in [0.3, 0.4) is 0 Å². The van der Waals surface area contributed by atoms with E-state index in [0.29, 0.717) is 0 Å². The fourth-order valence-electron chi connectivity index (χ4n) is 2.95. The molecule has 0 fully saturated rings. The Hall–Kier alpha value is -2.09. The van der Waals surface area contributed by atoms with E-state index in [1.54, 1.807) is 0 Å². The molecule has 21 heavy (non-hydrogen) atoms. The molecule has 2 heteroatoms. The lowest BCUT2D eigenvalue weighted by molar-refractivity contribution is 0.103. The molecule has 0 aliphatic carbocycles. The molecule has 0 atom stereocenters. The molecule has 2 aromatic rings. The van der Waals surface area contributed by atoms with Gasteiger partial charge in [0, 0.05) is 11.1 Å². The predicted octanol–water partition coefficient (Wildman–Crippen LogP) is 4.25.